The third-order valence-corrected chi connectivity index (χ3v) is 3.25. The Labute approximate surface area is 116 Å². The highest BCUT2D eigenvalue weighted by molar-refractivity contribution is 5.11. The zero-order valence-electron chi connectivity index (χ0n) is 12.5. The van der Waals surface area contributed by atoms with Crippen molar-refractivity contribution in [2.45, 2.75) is 52.6 Å². The van der Waals surface area contributed by atoms with Gasteiger partial charge in [0.2, 0.25) is 0 Å². The van der Waals surface area contributed by atoms with Gasteiger partial charge in [0.15, 0.2) is 0 Å². The number of nitrogens with zero attached hydrogens (tertiary/aromatic N) is 2. The second kappa shape index (κ2) is 5.97. The lowest BCUT2D eigenvalue weighted by Crippen LogP contribution is -2.35. The van der Waals surface area contributed by atoms with Crippen LogP contribution < -0.4 is 5.32 Å². The molecular weight excluding hydrogens is 238 g/mol. The molecule has 0 saturated carbocycles. The monoisotopic (exact) mass is 263 g/mol. The fourth-order valence-corrected chi connectivity index (χ4v) is 2.24. The van der Waals surface area contributed by atoms with Gasteiger partial charge in [-0.2, -0.15) is 0 Å². The molecule has 1 fully saturated rings. The van der Waals surface area contributed by atoms with Gasteiger partial charge in [-0.3, -0.25) is 0 Å². The summed E-state index contributed by atoms with van der Waals surface area (Å²) in [7, 11) is 0. The molecule has 0 amide bonds. The maximum Gasteiger partial charge on any atom is 0.129 e. The van der Waals surface area contributed by atoms with Crippen molar-refractivity contribution < 1.29 is 4.74 Å². The minimum atomic E-state index is 0.109. The molecule has 0 spiro atoms. The van der Waals surface area contributed by atoms with E-state index in [1.54, 1.807) is 0 Å². The van der Waals surface area contributed by atoms with Crippen molar-refractivity contribution in [3.05, 3.63) is 23.3 Å². The van der Waals surface area contributed by atoms with E-state index in [2.05, 4.69) is 42.1 Å². The molecule has 2 heterocycles. The number of nitrogens with one attached hydrogen (secondary N) is 1. The van der Waals surface area contributed by atoms with E-state index in [-0.39, 0.29) is 5.54 Å². The molecule has 19 heavy (non-hydrogen) atoms. The molecule has 0 bridgehead atoms. The molecule has 0 aromatic carbocycles. The van der Waals surface area contributed by atoms with Crippen LogP contribution >= 0.6 is 0 Å². The Hall–Kier alpha value is -1.00. The van der Waals surface area contributed by atoms with Crippen molar-refractivity contribution >= 4 is 0 Å². The van der Waals surface area contributed by atoms with Gasteiger partial charge in [0.05, 0.1) is 5.69 Å². The van der Waals surface area contributed by atoms with Crippen LogP contribution in [-0.2, 0) is 17.7 Å². The van der Waals surface area contributed by atoms with Crippen LogP contribution in [0.1, 0.15) is 44.4 Å². The first kappa shape index (κ1) is 14.4. The predicted octanol–water partition coefficient (Wildman–Crippen LogP) is 2.25. The van der Waals surface area contributed by atoms with Crippen molar-refractivity contribution in [1.82, 2.24) is 15.3 Å². The Balaban J connectivity index is 2.01. The molecule has 106 valence electrons. The van der Waals surface area contributed by atoms with Crippen molar-refractivity contribution in [2.24, 2.45) is 5.92 Å². The molecule has 1 unspecified atom stereocenters. The first-order chi connectivity index (χ1) is 8.92. The van der Waals surface area contributed by atoms with Crippen LogP contribution in [0.4, 0.5) is 0 Å². The summed E-state index contributed by atoms with van der Waals surface area (Å²) in [5.41, 5.74) is 2.24. The highest BCUT2D eigenvalue weighted by Crippen LogP contribution is 2.17. The van der Waals surface area contributed by atoms with Gasteiger partial charge in [-0.1, -0.05) is 0 Å². The average molecular weight is 263 g/mol. The van der Waals surface area contributed by atoms with E-state index >= 15 is 0 Å². The fourth-order valence-electron chi connectivity index (χ4n) is 2.24. The van der Waals surface area contributed by atoms with E-state index in [1.807, 2.05) is 6.92 Å². The maximum absolute atomic E-state index is 5.41. The minimum Gasteiger partial charge on any atom is -0.381 e. The summed E-state index contributed by atoms with van der Waals surface area (Å²) >= 11 is 0. The zero-order valence-corrected chi connectivity index (χ0v) is 12.5. The summed E-state index contributed by atoms with van der Waals surface area (Å²) in [4.78, 5) is 9.22. The summed E-state index contributed by atoms with van der Waals surface area (Å²) in [6.07, 6.45) is 2.07. The highest BCUT2D eigenvalue weighted by Gasteiger charge is 2.18. The zero-order chi connectivity index (χ0) is 13.9. The average Bonchev–Trinajstić information content (AvgIpc) is 2.77. The lowest BCUT2D eigenvalue weighted by atomic mass is 10.0. The largest absolute Gasteiger partial charge is 0.381 e. The van der Waals surface area contributed by atoms with E-state index in [9.17, 15) is 0 Å². The van der Waals surface area contributed by atoms with Crippen molar-refractivity contribution in [1.29, 1.82) is 0 Å². The molecule has 0 aliphatic carbocycles. The topological polar surface area (TPSA) is 47.0 Å². The van der Waals surface area contributed by atoms with Gasteiger partial charge in [-0.05, 0) is 46.1 Å². The van der Waals surface area contributed by atoms with Gasteiger partial charge in [-0.25, -0.2) is 9.97 Å². The molecule has 4 nitrogen and oxygen atoms in total. The summed E-state index contributed by atoms with van der Waals surface area (Å²) in [5.74, 6) is 1.55. The highest BCUT2D eigenvalue weighted by atomic mass is 16.5. The number of rotatable bonds is 4. The van der Waals surface area contributed by atoms with E-state index < -0.39 is 0 Å². The Kier molecular flexibility index (Phi) is 4.53. The molecule has 1 aliphatic heterocycles. The summed E-state index contributed by atoms with van der Waals surface area (Å²) in [5, 5.41) is 3.47. The standard InChI is InChI=1S/C15H25N3O/c1-11-7-13(9-16-15(2,3)4)18-14(17-11)8-12-5-6-19-10-12/h7,12,16H,5-6,8-10H2,1-4H3. The third-order valence-electron chi connectivity index (χ3n) is 3.25. The maximum atomic E-state index is 5.41. The van der Waals surface area contributed by atoms with Gasteiger partial charge in [0, 0.05) is 37.4 Å². The van der Waals surface area contributed by atoms with Crippen LogP contribution in [0.2, 0.25) is 0 Å². The predicted molar refractivity (Wildman–Crippen MR) is 76.0 cm³/mol. The van der Waals surface area contributed by atoms with Crippen LogP contribution in [0.5, 0.6) is 0 Å². The smallest absolute Gasteiger partial charge is 0.129 e. The molecule has 1 saturated heterocycles. The van der Waals surface area contributed by atoms with Gasteiger partial charge in [-0.15, -0.1) is 0 Å². The first-order valence-corrected chi connectivity index (χ1v) is 7.08. The van der Waals surface area contributed by atoms with Crippen molar-refractivity contribution in [2.75, 3.05) is 13.2 Å². The number of aromatic nitrogens is 2. The van der Waals surface area contributed by atoms with E-state index in [4.69, 9.17) is 4.74 Å². The SMILES string of the molecule is Cc1cc(CNC(C)(C)C)nc(CC2CCOC2)n1. The van der Waals surface area contributed by atoms with E-state index in [0.29, 0.717) is 5.92 Å². The Morgan fingerprint density at radius 3 is 2.79 bits per heavy atom. The number of aryl methyl sites for hydroxylation is 1. The first-order valence-electron chi connectivity index (χ1n) is 7.08. The summed E-state index contributed by atoms with van der Waals surface area (Å²) in [6.45, 7) is 11.1. The lowest BCUT2D eigenvalue weighted by molar-refractivity contribution is 0.185. The molecule has 0 radical (unpaired) electrons. The molecule has 1 N–H and O–H groups in total. The second-order valence-corrected chi connectivity index (χ2v) is 6.45. The van der Waals surface area contributed by atoms with Crippen molar-refractivity contribution in [3.63, 3.8) is 0 Å². The lowest BCUT2D eigenvalue weighted by Gasteiger charge is -2.20. The normalized spacial score (nSPS) is 19.9. The quantitative estimate of drug-likeness (QED) is 0.905. The number of hydrogen-bond acceptors (Lipinski definition) is 4. The molecule has 1 aliphatic rings. The summed E-state index contributed by atoms with van der Waals surface area (Å²) < 4.78 is 5.41. The van der Waals surface area contributed by atoms with Gasteiger partial charge < -0.3 is 10.1 Å². The number of hydrogen-bond donors (Lipinski definition) is 1. The summed E-state index contributed by atoms with van der Waals surface area (Å²) in [6, 6.07) is 2.06. The van der Waals surface area contributed by atoms with Gasteiger partial charge >= 0.3 is 0 Å². The van der Waals surface area contributed by atoms with Gasteiger partial charge in [0.1, 0.15) is 5.82 Å². The molecule has 1 aromatic heterocycles. The van der Waals surface area contributed by atoms with Crippen LogP contribution in [0.3, 0.4) is 0 Å². The second-order valence-electron chi connectivity index (χ2n) is 6.45. The van der Waals surface area contributed by atoms with Crippen LogP contribution in [0, 0.1) is 12.8 Å². The van der Waals surface area contributed by atoms with E-state index in [0.717, 1.165) is 49.8 Å². The van der Waals surface area contributed by atoms with Crippen molar-refractivity contribution in [3.8, 4) is 0 Å². The van der Waals surface area contributed by atoms with Crippen LogP contribution in [0.25, 0.3) is 0 Å². The number of ether oxygens (including phenoxy) is 1. The Morgan fingerprint density at radius 1 is 1.37 bits per heavy atom. The van der Waals surface area contributed by atoms with Gasteiger partial charge in [0.25, 0.3) is 0 Å². The molecule has 4 heteroatoms. The molecule has 1 atom stereocenters. The molecular formula is C15H25N3O. The van der Waals surface area contributed by atoms with Crippen LogP contribution in [-0.4, -0.2) is 28.7 Å². The fraction of sp³-hybridized carbons (Fsp3) is 0.733. The van der Waals surface area contributed by atoms with Crippen LogP contribution in [0.15, 0.2) is 6.07 Å². The van der Waals surface area contributed by atoms with E-state index in [1.165, 1.54) is 0 Å². The third kappa shape index (κ3) is 4.88. The Bertz CT molecular complexity index is 420. The molecule has 2 rings (SSSR count). The minimum absolute atomic E-state index is 0.109. The Morgan fingerprint density at radius 2 is 2.16 bits per heavy atom. The molecule has 1 aromatic rings.